The lowest BCUT2D eigenvalue weighted by Gasteiger charge is -2.18. The Morgan fingerprint density at radius 1 is 1.18 bits per heavy atom. The number of ether oxygens (including phenoxy) is 1. The topological polar surface area (TPSA) is 41.6 Å². The van der Waals surface area contributed by atoms with Crippen molar-refractivity contribution in [3.8, 4) is 5.75 Å². The van der Waals surface area contributed by atoms with Crippen molar-refractivity contribution < 1.29 is 18.3 Å². The van der Waals surface area contributed by atoms with Gasteiger partial charge in [0.2, 0.25) is 5.91 Å². The number of para-hydroxylation sites is 1. The third kappa shape index (κ3) is 3.72. The van der Waals surface area contributed by atoms with Gasteiger partial charge in [-0.2, -0.15) is 0 Å². The monoisotopic (exact) mass is 306 g/mol. The SMILES string of the molecule is COc1c(F)cc(NC(=O)CN(C)c2ccccc2)cc1F. The Morgan fingerprint density at radius 3 is 2.32 bits per heavy atom. The van der Waals surface area contributed by atoms with Crippen LogP contribution in [0.5, 0.6) is 5.75 Å². The molecule has 0 bridgehead atoms. The average molecular weight is 306 g/mol. The number of benzene rings is 2. The highest BCUT2D eigenvalue weighted by molar-refractivity contribution is 5.94. The molecule has 0 saturated carbocycles. The number of halogens is 2. The highest BCUT2D eigenvalue weighted by atomic mass is 19.1. The molecule has 2 aromatic carbocycles. The van der Waals surface area contributed by atoms with Gasteiger partial charge in [0.1, 0.15) is 0 Å². The first-order valence-electron chi connectivity index (χ1n) is 6.60. The van der Waals surface area contributed by atoms with E-state index in [0.29, 0.717) is 0 Å². The van der Waals surface area contributed by atoms with Crippen LogP contribution in [0.15, 0.2) is 42.5 Å². The number of methoxy groups -OCH3 is 1. The highest BCUT2D eigenvalue weighted by Crippen LogP contribution is 2.25. The molecule has 2 aromatic rings. The molecule has 0 spiro atoms. The predicted octanol–water partition coefficient (Wildman–Crippen LogP) is 3.05. The van der Waals surface area contributed by atoms with Crippen molar-refractivity contribution in [3.63, 3.8) is 0 Å². The summed E-state index contributed by atoms with van der Waals surface area (Å²) in [7, 11) is 2.93. The first-order chi connectivity index (χ1) is 10.5. The minimum Gasteiger partial charge on any atom is -0.491 e. The van der Waals surface area contributed by atoms with Crippen LogP contribution in [-0.4, -0.2) is 26.6 Å². The van der Waals surface area contributed by atoms with Gasteiger partial charge in [-0.15, -0.1) is 0 Å². The Kier molecular flexibility index (Phi) is 4.93. The van der Waals surface area contributed by atoms with Crippen LogP contribution in [0.4, 0.5) is 20.2 Å². The van der Waals surface area contributed by atoms with E-state index in [-0.39, 0.29) is 18.1 Å². The number of hydrogen-bond donors (Lipinski definition) is 1. The van der Waals surface area contributed by atoms with Crippen LogP contribution in [-0.2, 0) is 4.79 Å². The van der Waals surface area contributed by atoms with Gasteiger partial charge in [-0.05, 0) is 12.1 Å². The minimum absolute atomic E-state index is 0.0438. The largest absolute Gasteiger partial charge is 0.491 e. The molecule has 0 aliphatic carbocycles. The van der Waals surface area contributed by atoms with E-state index < -0.39 is 17.4 Å². The lowest BCUT2D eigenvalue weighted by Crippen LogP contribution is -2.30. The van der Waals surface area contributed by atoms with E-state index in [1.165, 1.54) is 7.11 Å². The van der Waals surface area contributed by atoms with Crippen molar-refractivity contribution in [2.45, 2.75) is 0 Å². The minimum atomic E-state index is -0.866. The van der Waals surface area contributed by atoms with Crippen molar-refractivity contribution in [1.29, 1.82) is 0 Å². The van der Waals surface area contributed by atoms with Gasteiger partial charge in [0.25, 0.3) is 0 Å². The van der Waals surface area contributed by atoms with E-state index in [1.54, 1.807) is 11.9 Å². The smallest absolute Gasteiger partial charge is 0.243 e. The molecule has 1 N–H and O–H groups in total. The summed E-state index contributed by atoms with van der Waals surface area (Å²) in [5, 5.41) is 2.46. The van der Waals surface area contributed by atoms with Crippen LogP contribution in [0.2, 0.25) is 0 Å². The first kappa shape index (κ1) is 15.8. The molecule has 116 valence electrons. The second kappa shape index (κ2) is 6.89. The summed E-state index contributed by atoms with van der Waals surface area (Å²) in [5.74, 6) is -2.59. The Labute approximate surface area is 127 Å². The fourth-order valence-electron chi connectivity index (χ4n) is 2.02. The molecule has 0 fully saturated rings. The van der Waals surface area contributed by atoms with E-state index in [1.807, 2.05) is 30.3 Å². The Hall–Kier alpha value is -2.63. The van der Waals surface area contributed by atoms with E-state index in [2.05, 4.69) is 10.1 Å². The number of anilines is 2. The van der Waals surface area contributed by atoms with E-state index >= 15 is 0 Å². The first-order valence-corrected chi connectivity index (χ1v) is 6.60. The molecule has 0 radical (unpaired) electrons. The maximum atomic E-state index is 13.6. The molecule has 0 atom stereocenters. The molecule has 0 heterocycles. The van der Waals surface area contributed by atoms with E-state index in [0.717, 1.165) is 17.8 Å². The predicted molar refractivity (Wildman–Crippen MR) is 81.3 cm³/mol. The van der Waals surface area contributed by atoms with Crippen molar-refractivity contribution in [3.05, 3.63) is 54.1 Å². The van der Waals surface area contributed by atoms with Crippen molar-refractivity contribution in [2.24, 2.45) is 0 Å². The lowest BCUT2D eigenvalue weighted by molar-refractivity contribution is -0.114. The number of rotatable bonds is 5. The zero-order valence-corrected chi connectivity index (χ0v) is 12.3. The van der Waals surface area contributed by atoms with Crippen LogP contribution in [0.25, 0.3) is 0 Å². The van der Waals surface area contributed by atoms with Crippen molar-refractivity contribution in [1.82, 2.24) is 0 Å². The summed E-state index contributed by atoms with van der Waals surface area (Å²) >= 11 is 0. The second-order valence-corrected chi connectivity index (χ2v) is 4.71. The number of carbonyl (C=O) groups excluding carboxylic acids is 1. The summed E-state index contributed by atoms with van der Waals surface area (Å²) in [6.45, 7) is 0.0548. The van der Waals surface area contributed by atoms with Crippen LogP contribution in [0, 0.1) is 11.6 Å². The summed E-state index contributed by atoms with van der Waals surface area (Å²) in [6.07, 6.45) is 0. The zero-order chi connectivity index (χ0) is 16.1. The Balaban J connectivity index is 2.03. The Bertz CT molecular complexity index is 639. The van der Waals surface area contributed by atoms with Crippen LogP contribution in [0.3, 0.4) is 0 Å². The number of nitrogens with one attached hydrogen (secondary N) is 1. The van der Waals surface area contributed by atoms with Crippen LogP contribution >= 0.6 is 0 Å². The molecule has 0 unspecified atom stereocenters. The van der Waals surface area contributed by atoms with Crippen molar-refractivity contribution in [2.75, 3.05) is 30.9 Å². The highest BCUT2D eigenvalue weighted by Gasteiger charge is 2.14. The lowest BCUT2D eigenvalue weighted by atomic mass is 10.2. The number of likely N-dealkylation sites (N-methyl/N-ethyl adjacent to an activating group) is 1. The van der Waals surface area contributed by atoms with Gasteiger partial charge in [-0.3, -0.25) is 4.79 Å². The second-order valence-electron chi connectivity index (χ2n) is 4.71. The zero-order valence-electron chi connectivity index (χ0n) is 12.3. The van der Waals surface area contributed by atoms with Crippen LogP contribution < -0.4 is 15.0 Å². The molecule has 0 aromatic heterocycles. The number of carbonyl (C=O) groups is 1. The molecule has 1 amide bonds. The van der Waals surface area contributed by atoms with Gasteiger partial charge in [0.05, 0.1) is 13.7 Å². The van der Waals surface area contributed by atoms with E-state index in [4.69, 9.17) is 0 Å². The number of nitrogens with zero attached hydrogens (tertiary/aromatic N) is 1. The Morgan fingerprint density at radius 2 is 1.77 bits per heavy atom. The van der Waals surface area contributed by atoms with Crippen LogP contribution in [0.1, 0.15) is 0 Å². The van der Waals surface area contributed by atoms with Gasteiger partial charge in [-0.1, -0.05) is 18.2 Å². The molecule has 4 nitrogen and oxygen atoms in total. The quantitative estimate of drug-likeness (QED) is 0.923. The summed E-state index contributed by atoms with van der Waals surface area (Å²) in [5.41, 5.74) is 0.909. The number of amides is 1. The normalized spacial score (nSPS) is 10.2. The maximum Gasteiger partial charge on any atom is 0.243 e. The molecule has 0 aliphatic rings. The third-order valence-corrected chi connectivity index (χ3v) is 3.06. The fourth-order valence-corrected chi connectivity index (χ4v) is 2.02. The summed E-state index contributed by atoms with van der Waals surface area (Å²) < 4.78 is 31.7. The summed E-state index contributed by atoms with van der Waals surface area (Å²) in [4.78, 5) is 13.7. The van der Waals surface area contributed by atoms with E-state index in [9.17, 15) is 13.6 Å². The molecular weight excluding hydrogens is 290 g/mol. The van der Waals surface area contributed by atoms with Gasteiger partial charge >= 0.3 is 0 Å². The molecule has 22 heavy (non-hydrogen) atoms. The fraction of sp³-hybridized carbons (Fsp3) is 0.188. The maximum absolute atomic E-state index is 13.6. The van der Waals surface area contributed by atoms with Gasteiger partial charge in [-0.25, -0.2) is 8.78 Å². The van der Waals surface area contributed by atoms with Gasteiger partial charge in [0.15, 0.2) is 17.4 Å². The standard InChI is InChI=1S/C16H16F2N2O2/c1-20(12-6-4-3-5-7-12)10-15(21)19-11-8-13(17)16(22-2)14(18)9-11/h3-9H,10H2,1-2H3,(H,19,21). The van der Waals surface area contributed by atoms with Gasteiger partial charge in [0, 0.05) is 30.6 Å². The van der Waals surface area contributed by atoms with Gasteiger partial charge < -0.3 is 15.0 Å². The van der Waals surface area contributed by atoms with Crippen molar-refractivity contribution >= 4 is 17.3 Å². The summed E-state index contributed by atoms with van der Waals surface area (Å²) in [6, 6.07) is 11.3. The number of hydrogen-bond acceptors (Lipinski definition) is 3. The molecule has 6 heteroatoms. The molecule has 0 aliphatic heterocycles. The molecular formula is C16H16F2N2O2. The third-order valence-electron chi connectivity index (χ3n) is 3.06. The average Bonchev–Trinajstić information content (AvgIpc) is 2.47. The molecule has 0 saturated heterocycles. The molecule has 2 rings (SSSR count).